The van der Waals surface area contributed by atoms with E-state index in [1.807, 2.05) is 42.0 Å². The number of hydrogen-bond acceptors (Lipinski definition) is 3. The second kappa shape index (κ2) is 6.54. The first-order valence-corrected chi connectivity index (χ1v) is 8.19. The molecule has 2 amide bonds. The van der Waals surface area contributed by atoms with Crippen molar-refractivity contribution in [2.45, 2.75) is 19.5 Å². The Bertz CT molecular complexity index is 766. The Labute approximate surface area is 137 Å². The molecule has 1 fully saturated rings. The molecule has 0 N–H and O–H groups in total. The molecule has 23 heavy (non-hydrogen) atoms. The Morgan fingerprint density at radius 1 is 1.39 bits per heavy atom. The van der Waals surface area contributed by atoms with Crippen LogP contribution in [-0.2, 0) is 0 Å². The average molecular weight is 335 g/mol. The van der Waals surface area contributed by atoms with Crippen LogP contribution in [0.15, 0.2) is 35.5 Å². The third-order valence-corrected chi connectivity index (χ3v) is 4.61. The van der Waals surface area contributed by atoms with E-state index in [9.17, 15) is 9.18 Å². The van der Waals surface area contributed by atoms with Gasteiger partial charge in [-0.3, -0.25) is 4.57 Å². The molecule has 1 aliphatic rings. The lowest BCUT2D eigenvalue weighted by atomic mass is 10.3. The van der Waals surface area contributed by atoms with Crippen LogP contribution in [-0.4, -0.2) is 41.9 Å². The highest BCUT2D eigenvalue weighted by Crippen LogP contribution is 2.16. The number of urea groups is 1. The fourth-order valence-electron chi connectivity index (χ4n) is 2.50. The molecule has 1 saturated heterocycles. The van der Waals surface area contributed by atoms with Crippen molar-refractivity contribution in [3.63, 3.8) is 0 Å². The fraction of sp³-hybridized carbons (Fsp3) is 0.375. The number of alkyl halides is 1. The number of likely N-dealkylation sites (tertiary alicyclic amines) is 1. The van der Waals surface area contributed by atoms with Crippen LogP contribution < -0.4 is 9.54 Å². The van der Waals surface area contributed by atoms with Crippen LogP contribution in [0, 0.1) is 6.92 Å². The van der Waals surface area contributed by atoms with Gasteiger partial charge in [-0.1, -0.05) is 0 Å². The number of hydrogen-bond donors (Lipinski definition) is 0. The van der Waals surface area contributed by atoms with Crippen molar-refractivity contribution in [1.29, 1.82) is 0 Å². The molecule has 2 aromatic rings. The predicted octanol–water partition coefficient (Wildman–Crippen LogP) is 2.92. The molecule has 1 atom stereocenters. The molecule has 1 aromatic carbocycles. The molecule has 122 valence electrons. The lowest BCUT2D eigenvalue weighted by molar-refractivity contribution is 0.213. The Kier molecular flexibility index (Phi) is 4.47. The lowest BCUT2D eigenvalue weighted by Crippen LogP contribution is -2.28. The van der Waals surface area contributed by atoms with Gasteiger partial charge in [-0.05, 0) is 37.6 Å². The Hall–Kier alpha value is -2.15. The van der Waals surface area contributed by atoms with Crippen molar-refractivity contribution in [3.05, 3.63) is 40.1 Å². The van der Waals surface area contributed by atoms with Gasteiger partial charge in [0.25, 0.3) is 0 Å². The molecular formula is C16H18FN3O2S. The van der Waals surface area contributed by atoms with E-state index in [1.54, 1.807) is 7.11 Å². The summed E-state index contributed by atoms with van der Waals surface area (Å²) in [5, 5.41) is 0. The van der Waals surface area contributed by atoms with E-state index in [4.69, 9.17) is 4.74 Å². The highest BCUT2D eigenvalue weighted by atomic mass is 32.1. The summed E-state index contributed by atoms with van der Waals surface area (Å²) in [5.74, 6) is 0.766. The molecule has 1 aromatic heterocycles. The molecule has 0 unspecified atom stereocenters. The van der Waals surface area contributed by atoms with Gasteiger partial charge in [0.15, 0.2) is 4.80 Å². The van der Waals surface area contributed by atoms with Crippen LogP contribution in [0.4, 0.5) is 9.18 Å². The summed E-state index contributed by atoms with van der Waals surface area (Å²) in [7, 11) is 1.62. The number of nitrogens with zero attached hydrogens (tertiary/aromatic N) is 3. The second-order valence-electron chi connectivity index (χ2n) is 5.42. The number of amides is 2. The number of methoxy groups -OCH3 is 1. The summed E-state index contributed by atoms with van der Waals surface area (Å²) in [6.07, 6.45) is 1.39. The van der Waals surface area contributed by atoms with Gasteiger partial charge in [-0.25, -0.2) is 9.18 Å². The van der Waals surface area contributed by atoms with Crippen LogP contribution in [0.2, 0.25) is 0 Å². The Balaban J connectivity index is 1.93. The normalized spacial score (nSPS) is 18.5. The standard InChI is InChI=1S/C16H18FN3O2S/c1-11-9-20(13-3-5-14(22-2)6-4-13)16(23-11)18-15(21)19-8-7-12(17)10-19/h3-6,9,12H,7-8,10H2,1-2H3/b18-16-/t12-/m1/s1. The van der Waals surface area contributed by atoms with E-state index in [0.29, 0.717) is 17.8 Å². The number of benzene rings is 1. The van der Waals surface area contributed by atoms with Crippen LogP contribution in [0.1, 0.15) is 11.3 Å². The third kappa shape index (κ3) is 3.44. The van der Waals surface area contributed by atoms with Crippen LogP contribution in [0.25, 0.3) is 5.69 Å². The van der Waals surface area contributed by atoms with E-state index in [-0.39, 0.29) is 12.6 Å². The van der Waals surface area contributed by atoms with Gasteiger partial charge in [0, 0.05) is 23.3 Å². The number of carbonyl (C=O) groups excluding carboxylic acids is 1. The van der Waals surface area contributed by atoms with Gasteiger partial charge in [0.1, 0.15) is 11.9 Å². The summed E-state index contributed by atoms with van der Waals surface area (Å²) >= 11 is 1.43. The molecule has 1 aliphatic heterocycles. The Morgan fingerprint density at radius 2 is 2.13 bits per heavy atom. The zero-order valence-electron chi connectivity index (χ0n) is 13.0. The largest absolute Gasteiger partial charge is 0.497 e. The van der Waals surface area contributed by atoms with Crippen molar-refractivity contribution in [1.82, 2.24) is 9.47 Å². The maximum atomic E-state index is 13.2. The number of thiazole rings is 1. The predicted molar refractivity (Wildman–Crippen MR) is 87.0 cm³/mol. The van der Waals surface area contributed by atoms with Gasteiger partial charge in [-0.15, -0.1) is 11.3 Å². The fourth-order valence-corrected chi connectivity index (χ4v) is 3.33. The minimum atomic E-state index is -0.937. The van der Waals surface area contributed by atoms with Gasteiger partial charge < -0.3 is 9.64 Å². The number of ether oxygens (including phenoxy) is 1. The maximum absolute atomic E-state index is 13.2. The molecule has 0 bridgehead atoms. The van der Waals surface area contributed by atoms with Gasteiger partial charge >= 0.3 is 6.03 Å². The molecule has 0 aliphatic carbocycles. The molecule has 2 heterocycles. The van der Waals surface area contributed by atoms with E-state index in [0.717, 1.165) is 16.3 Å². The summed E-state index contributed by atoms with van der Waals surface area (Å²) in [6, 6.07) is 7.14. The van der Waals surface area contributed by atoms with E-state index >= 15 is 0 Å². The lowest BCUT2D eigenvalue weighted by Gasteiger charge is -2.11. The summed E-state index contributed by atoms with van der Waals surface area (Å²) in [6.45, 7) is 2.52. The van der Waals surface area contributed by atoms with E-state index < -0.39 is 6.17 Å². The van der Waals surface area contributed by atoms with Gasteiger partial charge in [-0.2, -0.15) is 4.99 Å². The summed E-state index contributed by atoms with van der Waals surface area (Å²) in [4.78, 5) is 19.5. The SMILES string of the molecule is COc1ccc(-n2cc(C)s/c2=N\C(=O)N2CC[C@@H](F)C2)cc1. The first-order chi connectivity index (χ1) is 11.1. The third-order valence-electron chi connectivity index (χ3n) is 3.71. The molecule has 5 nitrogen and oxygen atoms in total. The second-order valence-corrected chi connectivity index (χ2v) is 6.63. The minimum absolute atomic E-state index is 0.134. The van der Waals surface area contributed by atoms with Crippen molar-refractivity contribution >= 4 is 17.4 Å². The van der Waals surface area contributed by atoms with Crippen molar-refractivity contribution in [2.75, 3.05) is 20.2 Å². The van der Waals surface area contributed by atoms with Crippen molar-refractivity contribution in [3.8, 4) is 11.4 Å². The zero-order valence-corrected chi connectivity index (χ0v) is 13.8. The zero-order chi connectivity index (χ0) is 16.4. The summed E-state index contributed by atoms with van der Waals surface area (Å²) in [5.41, 5.74) is 0.895. The quantitative estimate of drug-likeness (QED) is 0.847. The monoisotopic (exact) mass is 335 g/mol. The minimum Gasteiger partial charge on any atom is -0.497 e. The number of rotatable bonds is 2. The summed E-state index contributed by atoms with van der Waals surface area (Å²) < 4.78 is 20.3. The van der Waals surface area contributed by atoms with Crippen LogP contribution >= 0.6 is 11.3 Å². The number of aromatic nitrogens is 1. The van der Waals surface area contributed by atoms with Crippen molar-refractivity contribution < 1.29 is 13.9 Å². The highest BCUT2D eigenvalue weighted by Gasteiger charge is 2.25. The van der Waals surface area contributed by atoms with E-state index in [1.165, 1.54) is 16.2 Å². The molecule has 7 heteroatoms. The highest BCUT2D eigenvalue weighted by molar-refractivity contribution is 7.09. The topological polar surface area (TPSA) is 46.8 Å². The molecule has 3 rings (SSSR count). The molecule has 0 saturated carbocycles. The van der Waals surface area contributed by atoms with Gasteiger partial charge in [0.05, 0.1) is 13.7 Å². The number of carbonyl (C=O) groups is 1. The van der Waals surface area contributed by atoms with E-state index in [2.05, 4.69) is 4.99 Å². The first-order valence-electron chi connectivity index (χ1n) is 7.38. The molecular weight excluding hydrogens is 317 g/mol. The molecule has 0 radical (unpaired) electrons. The van der Waals surface area contributed by atoms with Gasteiger partial charge in [0.2, 0.25) is 0 Å². The number of aryl methyl sites for hydroxylation is 1. The van der Waals surface area contributed by atoms with Crippen LogP contribution in [0.3, 0.4) is 0 Å². The first kappa shape index (κ1) is 15.7. The smallest absolute Gasteiger partial charge is 0.346 e. The number of halogens is 1. The maximum Gasteiger partial charge on any atom is 0.346 e. The Morgan fingerprint density at radius 3 is 2.74 bits per heavy atom. The van der Waals surface area contributed by atoms with Crippen LogP contribution in [0.5, 0.6) is 5.75 Å². The average Bonchev–Trinajstić information content (AvgIpc) is 3.13. The molecule has 0 spiro atoms. The van der Waals surface area contributed by atoms with Crippen molar-refractivity contribution in [2.24, 2.45) is 4.99 Å².